The first-order valence-corrected chi connectivity index (χ1v) is 14.9. The van der Waals surface area contributed by atoms with Crippen LogP contribution in [0.3, 0.4) is 0 Å². The van der Waals surface area contributed by atoms with Gasteiger partial charge in [0.15, 0.2) is 0 Å². The lowest BCUT2D eigenvalue weighted by Gasteiger charge is -2.41. The first-order chi connectivity index (χ1) is 21.1. The fraction of sp³-hybridized carbons (Fsp3) is 0.433. The molecule has 0 radical (unpaired) electrons. The van der Waals surface area contributed by atoms with Crippen LogP contribution in [0.1, 0.15) is 19.8 Å². The number of rotatable bonds is 10. The number of nitrogens with zero attached hydrogens (tertiary/aromatic N) is 8. The first kappa shape index (κ1) is 29.1. The molecule has 0 aliphatic carbocycles. The van der Waals surface area contributed by atoms with E-state index >= 15 is 0 Å². The van der Waals surface area contributed by atoms with Crippen LogP contribution in [0.25, 0.3) is 11.1 Å². The normalized spacial score (nSPS) is 17.0. The second-order valence-corrected chi connectivity index (χ2v) is 11.2. The summed E-state index contributed by atoms with van der Waals surface area (Å²) in [5.41, 5.74) is 3.70. The smallest absolute Gasteiger partial charge is 0.227 e. The fourth-order valence-corrected chi connectivity index (χ4v) is 5.80. The largest absolute Gasteiger partial charge is 0.495 e. The minimum Gasteiger partial charge on any atom is -0.495 e. The lowest BCUT2D eigenvalue weighted by Crippen LogP contribution is -2.49. The summed E-state index contributed by atoms with van der Waals surface area (Å²) >= 11 is 6.43. The molecule has 0 bridgehead atoms. The Morgan fingerprint density at radius 3 is 2.51 bits per heavy atom. The van der Waals surface area contributed by atoms with E-state index in [-0.39, 0.29) is 6.10 Å². The summed E-state index contributed by atoms with van der Waals surface area (Å²) in [6.45, 7) is 8.22. The molecule has 4 aromatic rings. The number of nitrogens with one attached hydrogen (secondary N) is 1. The standard InChI is InChI=1S/C30H36ClN9O3/c1-21(19-40-20-34-36-37-40)43-29-15-22(3-5-26(29)31)23-17-32-30(33-18-23)35-27-16-25(4-6-28(27)41-2)38-9-7-24(8-10-38)39-11-13-42-14-12-39/h3-6,15-18,20-21,24H,7-14,19H2,1-2H3,(H,32,33,35)/t21-/m0/s1. The maximum absolute atomic E-state index is 6.43. The Hall–Kier alpha value is -4.00. The van der Waals surface area contributed by atoms with Crippen molar-refractivity contribution in [3.05, 3.63) is 60.1 Å². The lowest BCUT2D eigenvalue weighted by molar-refractivity contribution is 0.0115. The molecule has 2 aliphatic heterocycles. The van der Waals surface area contributed by atoms with Crippen molar-refractivity contribution in [3.8, 4) is 22.6 Å². The molecule has 43 heavy (non-hydrogen) atoms. The van der Waals surface area contributed by atoms with E-state index in [1.54, 1.807) is 30.5 Å². The molecule has 2 saturated heterocycles. The zero-order chi connectivity index (χ0) is 29.6. The monoisotopic (exact) mass is 605 g/mol. The minimum absolute atomic E-state index is 0.194. The second-order valence-electron chi connectivity index (χ2n) is 10.8. The number of piperidine rings is 1. The van der Waals surface area contributed by atoms with Gasteiger partial charge in [0.25, 0.3) is 0 Å². The van der Waals surface area contributed by atoms with Gasteiger partial charge < -0.3 is 24.4 Å². The maximum Gasteiger partial charge on any atom is 0.227 e. The number of methoxy groups -OCH3 is 1. The molecule has 13 heteroatoms. The van der Waals surface area contributed by atoms with Gasteiger partial charge in [0.05, 0.1) is 37.6 Å². The number of anilines is 3. The van der Waals surface area contributed by atoms with Crippen LogP contribution in [0.15, 0.2) is 55.1 Å². The summed E-state index contributed by atoms with van der Waals surface area (Å²) < 4.78 is 18.9. The maximum atomic E-state index is 6.43. The second kappa shape index (κ2) is 13.5. The molecule has 4 heterocycles. The molecule has 0 unspecified atom stereocenters. The van der Waals surface area contributed by atoms with E-state index in [4.69, 9.17) is 25.8 Å². The predicted molar refractivity (Wildman–Crippen MR) is 164 cm³/mol. The third kappa shape index (κ3) is 7.15. The molecule has 0 saturated carbocycles. The molecule has 1 atom stereocenters. The third-order valence-electron chi connectivity index (χ3n) is 7.90. The van der Waals surface area contributed by atoms with Crippen LogP contribution in [-0.2, 0) is 11.3 Å². The summed E-state index contributed by atoms with van der Waals surface area (Å²) in [6.07, 6.45) is 7.20. The summed E-state index contributed by atoms with van der Waals surface area (Å²) in [5.74, 6) is 1.78. The average Bonchev–Trinajstić information content (AvgIpc) is 3.56. The molecule has 6 rings (SSSR count). The van der Waals surface area contributed by atoms with Crippen molar-refractivity contribution in [2.24, 2.45) is 0 Å². The molecule has 2 aliphatic rings. The molecule has 0 spiro atoms. The Morgan fingerprint density at radius 2 is 1.79 bits per heavy atom. The Labute approximate surface area is 255 Å². The van der Waals surface area contributed by atoms with E-state index in [1.165, 1.54) is 0 Å². The summed E-state index contributed by atoms with van der Waals surface area (Å²) in [6, 6.07) is 12.5. The van der Waals surface area contributed by atoms with E-state index in [1.807, 2.05) is 31.2 Å². The van der Waals surface area contributed by atoms with Crippen LogP contribution >= 0.6 is 11.6 Å². The van der Waals surface area contributed by atoms with Crippen LogP contribution in [-0.4, -0.2) is 93.7 Å². The zero-order valence-electron chi connectivity index (χ0n) is 24.4. The van der Waals surface area contributed by atoms with E-state index in [0.29, 0.717) is 29.3 Å². The number of hydrogen-bond acceptors (Lipinski definition) is 11. The van der Waals surface area contributed by atoms with Gasteiger partial charge in [0.2, 0.25) is 5.95 Å². The number of morpholine rings is 1. The van der Waals surface area contributed by atoms with Gasteiger partial charge in [-0.3, -0.25) is 4.90 Å². The molecule has 2 aromatic heterocycles. The van der Waals surface area contributed by atoms with Crippen LogP contribution in [0.4, 0.5) is 17.3 Å². The van der Waals surface area contributed by atoms with Gasteiger partial charge in [-0.15, -0.1) is 5.10 Å². The van der Waals surface area contributed by atoms with Crippen molar-refractivity contribution in [1.82, 2.24) is 35.1 Å². The average molecular weight is 606 g/mol. The summed E-state index contributed by atoms with van der Waals surface area (Å²) in [5, 5.41) is 15.1. The topological polar surface area (TPSA) is 116 Å². The third-order valence-corrected chi connectivity index (χ3v) is 8.21. The van der Waals surface area contributed by atoms with Crippen LogP contribution < -0.4 is 19.7 Å². The van der Waals surface area contributed by atoms with Gasteiger partial charge in [0.1, 0.15) is 23.9 Å². The highest BCUT2D eigenvalue weighted by atomic mass is 35.5. The van der Waals surface area contributed by atoms with E-state index in [0.717, 1.165) is 80.5 Å². The molecule has 1 N–H and O–H groups in total. The summed E-state index contributed by atoms with van der Waals surface area (Å²) in [4.78, 5) is 14.2. The Kier molecular flexibility index (Phi) is 9.16. The Bertz CT molecular complexity index is 1470. The summed E-state index contributed by atoms with van der Waals surface area (Å²) in [7, 11) is 1.67. The predicted octanol–water partition coefficient (Wildman–Crippen LogP) is 4.30. The number of halogens is 1. The number of hydrogen-bond donors (Lipinski definition) is 1. The van der Waals surface area contributed by atoms with Crippen molar-refractivity contribution in [2.45, 2.75) is 38.5 Å². The fourth-order valence-electron chi connectivity index (χ4n) is 5.64. The van der Waals surface area contributed by atoms with Crippen LogP contribution in [0, 0.1) is 0 Å². The Morgan fingerprint density at radius 1 is 1.00 bits per heavy atom. The highest BCUT2D eigenvalue weighted by Crippen LogP contribution is 2.34. The van der Waals surface area contributed by atoms with Gasteiger partial charge in [-0.1, -0.05) is 17.7 Å². The van der Waals surface area contributed by atoms with Crippen molar-refractivity contribution < 1.29 is 14.2 Å². The number of aromatic nitrogens is 6. The van der Waals surface area contributed by atoms with Crippen LogP contribution in [0.2, 0.25) is 5.02 Å². The van der Waals surface area contributed by atoms with Gasteiger partial charge in [-0.05, 0) is 66.1 Å². The van der Waals surface area contributed by atoms with Crippen LogP contribution in [0.5, 0.6) is 11.5 Å². The minimum atomic E-state index is -0.194. The van der Waals surface area contributed by atoms with Gasteiger partial charge >= 0.3 is 0 Å². The molecule has 0 amide bonds. The molecule has 2 aromatic carbocycles. The first-order valence-electron chi connectivity index (χ1n) is 14.6. The quantitative estimate of drug-likeness (QED) is 0.279. The zero-order valence-corrected chi connectivity index (χ0v) is 25.2. The van der Waals surface area contributed by atoms with Crippen molar-refractivity contribution in [1.29, 1.82) is 0 Å². The van der Waals surface area contributed by atoms with E-state index in [9.17, 15) is 0 Å². The number of benzene rings is 2. The van der Waals surface area contributed by atoms with Crippen molar-refractivity contribution in [2.75, 3.05) is 56.7 Å². The number of ether oxygens (including phenoxy) is 3. The molecule has 12 nitrogen and oxygen atoms in total. The molecular formula is C30H36ClN9O3. The van der Waals surface area contributed by atoms with E-state index < -0.39 is 0 Å². The SMILES string of the molecule is COc1ccc(N2CCC(N3CCOCC3)CC2)cc1Nc1ncc(-c2ccc(Cl)c(O[C@@H](C)Cn3cnnn3)c2)cn1. The van der Waals surface area contributed by atoms with Gasteiger partial charge in [-0.25, -0.2) is 14.6 Å². The highest BCUT2D eigenvalue weighted by Gasteiger charge is 2.26. The van der Waals surface area contributed by atoms with Gasteiger partial charge in [-0.2, -0.15) is 0 Å². The molecule has 226 valence electrons. The van der Waals surface area contributed by atoms with Crippen molar-refractivity contribution in [3.63, 3.8) is 0 Å². The van der Waals surface area contributed by atoms with Crippen molar-refractivity contribution >= 4 is 28.9 Å². The van der Waals surface area contributed by atoms with E-state index in [2.05, 4.69) is 52.7 Å². The highest BCUT2D eigenvalue weighted by molar-refractivity contribution is 6.32. The Balaban J connectivity index is 1.11. The number of tetrazole rings is 1. The lowest BCUT2D eigenvalue weighted by atomic mass is 10.0. The molecule has 2 fully saturated rings. The molecular weight excluding hydrogens is 570 g/mol. The van der Waals surface area contributed by atoms with Gasteiger partial charge in [0, 0.05) is 55.9 Å².